The van der Waals surface area contributed by atoms with Gasteiger partial charge in [-0.2, -0.15) is 0 Å². The van der Waals surface area contributed by atoms with Gasteiger partial charge in [0.2, 0.25) is 0 Å². The van der Waals surface area contributed by atoms with Crippen LogP contribution in [0.15, 0.2) is 18.7 Å². The van der Waals surface area contributed by atoms with Crippen molar-refractivity contribution in [3.8, 4) is 0 Å². The molecule has 4 nitrogen and oxygen atoms in total. The predicted molar refractivity (Wildman–Crippen MR) is 70.2 cm³/mol. The molecule has 0 aromatic carbocycles. The summed E-state index contributed by atoms with van der Waals surface area (Å²) < 4.78 is 0. The van der Waals surface area contributed by atoms with Gasteiger partial charge in [0.25, 0.3) is 0 Å². The molecule has 1 unspecified atom stereocenters. The molecule has 1 atom stereocenters. The van der Waals surface area contributed by atoms with Crippen LogP contribution in [0.4, 0.5) is 5.69 Å². The van der Waals surface area contributed by atoms with Crippen molar-refractivity contribution in [2.75, 3.05) is 18.0 Å². The van der Waals surface area contributed by atoms with Crippen LogP contribution < -0.4 is 10.2 Å². The number of nitrogens with one attached hydrogen (secondary N) is 1. The highest BCUT2D eigenvalue weighted by molar-refractivity contribution is 5.44. The van der Waals surface area contributed by atoms with Crippen LogP contribution in [0.1, 0.15) is 33.6 Å². The number of hydrogen-bond acceptors (Lipinski definition) is 4. The monoisotopic (exact) mass is 234 g/mol. The molecule has 2 heterocycles. The highest BCUT2D eigenvalue weighted by atomic mass is 15.3. The lowest BCUT2D eigenvalue weighted by atomic mass is 9.88. The third kappa shape index (κ3) is 2.41. The molecule has 0 radical (unpaired) electrons. The molecule has 1 aliphatic heterocycles. The van der Waals surface area contributed by atoms with Crippen LogP contribution in [0.25, 0.3) is 0 Å². The quantitative estimate of drug-likeness (QED) is 0.866. The van der Waals surface area contributed by atoms with Gasteiger partial charge in [-0.25, -0.2) is 9.97 Å². The van der Waals surface area contributed by atoms with Gasteiger partial charge in [-0.15, -0.1) is 0 Å². The average molecular weight is 234 g/mol. The summed E-state index contributed by atoms with van der Waals surface area (Å²) in [5, 5.41) is 3.70. The SMILES string of the molecule is CCC1(CC)CN(c2cncnc2)C(C)CN1. The summed E-state index contributed by atoms with van der Waals surface area (Å²) in [6.07, 6.45) is 7.71. The van der Waals surface area contributed by atoms with Crippen LogP contribution in [0.5, 0.6) is 0 Å². The lowest BCUT2D eigenvalue weighted by Gasteiger charge is -2.47. The summed E-state index contributed by atoms with van der Waals surface area (Å²) in [6.45, 7) is 8.82. The minimum atomic E-state index is 0.238. The first-order valence-electron chi connectivity index (χ1n) is 6.47. The van der Waals surface area contributed by atoms with E-state index in [0.29, 0.717) is 6.04 Å². The van der Waals surface area contributed by atoms with Gasteiger partial charge in [0.1, 0.15) is 6.33 Å². The van der Waals surface area contributed by atoms with E-state index < -0.39 is 0 Å². The fourth-order valence-corrected chi connectivity index (χ4v) is 2.52. The molecule has 0 saturated carbocycles. The number of piperazine rings is 1. The zero-order valence-corrected chi connectivity index (χ0v) is 11.0. The number of anilines is 1. The topological polar surface area (TPSA) is 41.1 Å². The summed E-state index contributed by atoms with van der Waals surface area (Å²) in [7, 11) is 0. The van der Waals surface area contributed by atoms with E-state index >= 15 is 0 Å². The largest absolute Gasteiger partial charge is 0.363 e. The Balaban J connectivity index is 2.21. The minimum Gasteiger partial charge on any atom is -0.363 e. The first kappa shape index (κ1) is 12.3. The second kappa shape index (κ2) is 5.00. The molecule has 0 amide bonds. The van der Waals surface area contributed by atoms with Crippen LogP contribution in [-0.2, 0) is 0 Å². The van der Waals surface area contributed by atoms with Crippen molar-refractivity contribution in [2.45, 2.75) is 45.2 Å². The summed E-state index contributed by atoms with van der Waals surface area (Å²) in [5.41, 5.74) is 1.37. The summed E-state index contributed by atoms with van der Waals surface area (Å²) in [6, 6.07) is 0.493. The van der Waals surface area contributed by atoms with Gasteiger partial charge in [0, 0.05) is 24.7 Å². The summed E-state index contributed by atoms with van der Waals surface area (Å²) in [4.78, 5) is 10.7. The molecule has 0 spiro atoms. The number of nitrogens with zero attached hydrogens (tertiary/aromatic N) is 3. The summed E-state index contributed by atoms with van der Waals surface area (Å²) >= 11 is 0. The zero-order valence-electron chi connectivity index (χ0n) is 11.0. The van der Waals surface area contributed by atoms with Crippen molar-refractivity contribution < 1.29 is 0 Å². The molecule has 94 valence electrons. The fraction of sp³-hybridized carbons (Fsp3) is 0.692. The van der Waals surface area contributed by atoms with Crippen LogP contribution in [-0.4, -0.2) is 34.6 Å². The molecule has 0 aliphatic carbocycles. The molecule has 4 heteroatoms. The molecule has 1 saturated heterocycles. The van der Waals surface area contributed by atoms with E-state index in [4.69, 9.17) is 0 Å². The van der Waals surface area contributed by atoms with Crippen molar-refractivity contribution in [3.05, 3.63) is 18.7 Å². The molecule has 0 bridgehead atoms. The van der Waals surface area contributed by atoms with Crippen molar-refractivity contribution >= 4 is 5.69 Å². The third-order valence-electron chi connectivity index (χ3n) is 4.01. The summed E-state index contributed by atoms with van der Waals surface area (Å²) in [5.74, 6) is 0. The number of aromatic nitrogens is 2. The Bertz CT molecular complexity index is 348. The van der Waals surface area contributed by atoms with E-state index in [1.807, 2.05) is 12.4 Å². The lowest BCUT2D eigenvalue weighted by molar-refractivity contribution is 0.253. The molecule has 2 rings (SSSR count). The minimum absolute atomic E-state index is 0.238. The first-order chi connectivity index (χ1) is 8.21. The van der Waals surface area contributed by atoms with E-state index in [2.05, 4.69) is 41.0 Å². The Hall–Kier alpha value is -1.16. The molecule has 17 heavy (non-hydrogen) atoms. The van der Waals surface area contributed by atoms with Crippen LogP contribution in [0.2, 0.25) is 0 Å². The molecule has 1 fully saturated rings. The van der Waals surface area contributed by atoms with E-state index in [9.17, 15) is 0 Å². The second-order valence-electron chi connectivity index (χ2n) is 4.94. The Morgan fingerprint density at radius 2 is 2.00 bits per heavy atom. The normalized spacial score (nSPS) is 23.7. The van der Waals surface area contributed by atoms with E-state index in [-0.39, 0.29) is 5.54 Å². The molecule has 1 aromatic heterocycles. The van der Waals surface area contributed by atoms with Crippen molar-refractivity contribution in [2.24, 2.45) is 0 Å². The second-order valence-corrected chi connectivity index (χ2v) is 4.94. The molecule has 1 aliphatic rings. The standard InChI is InChI=1S/C13H22N4/c1-4-13(5-2)9-17(11(3)6-16-13)12-7-14-10-15-8-12/h7-8,10-11,16H,4-6,9H2,1-3H3. The maximum atomic E-state index is 4.12. The first-order valence-corrected chi connectivity index (χ1v) is 6.47. The van der Waals surface area contributed by atoms with Gasteiger partial charge in [-0.1, -0.05) is 13.8 Å². The van der Waals surface area contributed by atoms with E-state index in [1.165, 1.54) is 0 Å². The Labute approximate surface area is 103 Å². The third-order valence-corrected chi connectivity index (χ3v) is 4.01. The highest BCUT2D eigenvalue weighted by Gasteiger charge is 2.35. The fourth-order valence-electron chi connectivity index (χ4n) is 2.52. The van der Waals surface area contributed by atoms with Crippen LogP contribution in [0.3, 0.4) is 0 Å². The van der Waals surface area contributed by atoms with Crippen molar-refractivity contribution in [1.82, 2.24) is 15.3 Å². The van der Waals surface area contributed by atoms with Gasteiger partial charge in [0.15, 0.2) is 0 Å². The van der Waals surface area contributed by atoms with Crippen LogP contribution >= 0.6 is 0 Å². The van der Waals surface area contributed by atoms with Gasteiger partial charge >= 0.3 is 0 Å². The smallest absolute Gasteiger partial charge is 0.115 e. The molecule has 1 N–H and O–H groups in total. The Kier molecular flexibility index (Phi) is 3.62. The molecular weight excluding hydrogens is 212 g/mol. The van der Waals surface area contributed by atoms with Crippen molar-refractivity contribution in [1.29, 1.82) is 0 Å². The zero-order chi connectivity index (χ0) is 12.3. The lowest BCUT2D eigenvalue weighted by Crippen LogP contribution is -2.63. The number of rotatable bonds is 3. The molecule has 1 aromatic rings. The number of hydrogen-bond donors (Lipinski definition) is 1. The maximum Gasteiger partial charge on any atom is 0.115 e. The van der Waals surface area contributed by atoms with Crippen LogP contribution in [0, 0.1) is 0 Å². The predicted octanol–water partition coefficient (Wildman–Crippen LogP) is 1.83. The van der Waals surface area contributed by atoms with Gasteiger partial charge < -0.3 is 10.2 Å². The Morgan fingerprint density at radius 3 is 2.59 bits per heavy atom. The van der Waals surface area contributed by atoms with Gasteiger partial charge in [-0.05, 0) is 19.8 Å². The average Bonchev–Trinajstić information content (AvgIpc) is 2.41. The van der Waals surface area contributed by atoms with E-state index in [1.54, 1.807) is 6.33 Å². The van der Waals surface area contributed by atoms with E-state index in [0.717, 1.165) is 31.6 Å². The molecular formula is C13H22N4. The maximum absolute atomic E-state index is 4.12. The van der Waals surface area contributed by atoms with Crippen molar-refractivity contribution in [3.63, 3.8) is 0 Å². The highest BCUT2D eigenvalue weighted by Crippen LogP contribution is 2.26. The van der Waals surface area contributed by atoms with Gasteiger partial charge in [0.05, 0.1) is 18.1 Å². The Morgan fingerprint density at radius 1 is 1.35 bits per heavy atom. The van der Waals surface area contributed by atoms with Gasteiger partial charge in [-0.3, -0.25) is 0 Å².